The summed E-state index contributed by atoms with van der Waals surface area (Å²) in [6.45, 7) is 0.604. The molecule has 1 aliphatic rings. The zero-order chi connectivity index (χ0) is 17.1. The van der Waals surface area contributed by atoms with Crippen LogP contribution in [-0.4, -0.2) is 33.5 Å². The van der Waals surface area contributed by atoms with E-state index in [2.05, 4.69) is 4.99 Å². The predicted molar refractivity (Wildman–Crippen MR) is 95.2 cm³/mol. The number of fused-ring (bicyclic) bond motifs is 1. The van der Waals surface area contributed by atoms with E-state index in [1.165, 1.54) is 0 Å². The molecule has 2 aromatic carbocycles. The van der Waals surface area contributed by atoms with E-state index in [4.69, 9.17) is 18.9 Å². The Balaban J connectivity index is 1.93. The van der Waals surface area contributed by atoms with E-state index in [1.54, 1.807) is 40.2 Å². The molecule has 0 atom stereocenters. The third kappa shape index (κ3) is 3.01. The topological polar surface area (TPSA) is 49.3 Å². The molecule has 0 amide bonds. The number of ether oxygens (including phenoxy) is 4. The van der Waals surface area contributed by atoms with Gasteiger partial charge in [-0.25, -0.2) is 0 Å². The number of benzene rings is 2. The molecule has 0 aromatic heterocycles. The average Bonchev–Trinajstić information content (AvgIpc) is 2.65. The summed E-state index contributed by atoms with van der Waals surface area (Å²) in [5.41, 5.74) is 2.12. The Kier molecular flexibility index (Phi) is 4.85. The first-order valence-corrected chi connectivity index (χ1v) is 8.21. The number of nitrogens with zero attached hydrogens (tertiary/aromatic N) is 1. The Hall–Kier alpha value is -2.34. The lowest BCUT2D eigenvalue weighted by Crippen LogP contribution is -2.05. The van der Waals surface area contributed by atoms with Crippen molar-refractivity contribution in [3.05, 3.63) is 41.5 Å². The summed E-state index contributed by atoms with van der Waals surface area (Å²) in [4.78, 5) is 5.81. The second-order valence-electron chi connectivity index (χ2n) is 5.11. The predicted octanol–water partition coefficient (Wildman–Crippen LogP) is 3.77. The molecule has 6 heteroatoms. The van der Waals surface area contributed by atoms with Crippen LogP contribution >= 0.6 is 11.8 Å². The van der Waals surface area contributed by atoms with Crippen molar-refractivity contribution >= 4 is 16.8 Å². The monoisotopic (exact) mass is 345 g/mol. The Morgan fingerprint density at radius 1 is 0.792 bits per heavy atom. The van der Waals surface area contributed by atoms with Crippen LogP contribution in [0.15, 0.2) is 40.2 Å². The normalized spacial score (nSPS) is 12.9. The Labute approximate surface area is 145 Å². The van der Waals surface area contributed by atoms with Crippen molar-refractivity contribution in [3.8, 4) is 23.0 Å². The molecular weight excluding hydrogens is 326 g/mol. The van der Waals surface area contributed by atoms with Crippen LogP contribution in [0, 0.1) is 0 Å². The quantitative estimate of drug-likeness (QED) is 0.825. The van der Waals surface area contributed by atoms with E-state index in [9.17, 15) is 0 Å². The van der Waals surface area contributed by atoms with Crippen LogP contribution in [0.1, 0.15) is 11.1 Å². The van der Waals surface area contributed by atoms with Gasteiger partial charge in [-0.15, -0.1) is 0 Å². The van der Waals surface area contributed by atoms with E-state index in [1.807, 2.05) is 30.3 Å². The number of thioether (sulfide) groups is 1. The van der Waals surface area contributed by atoms with Gasteiger partial charge in [0.15, 0.2) is 23.0 Å². The van der Waals surface area contributed by atoms with Gasteiger partial charge in [0, 0.05) is 10.5 Å². The highest BCUT2D eigenvalue weighted by Gasteiger charge is 2.19. The smallest absolute Gasteiger partial charge is 0.161 e. The number of rotatable bonds is 5. The maximum absolute atomic E-state index is 5.40. The van der Waals surface area contributed by atoms with Gasteiger partial charge in [-0.2, -0.15) is 0 Å². The van der Waals surface area contributed by atoms with Crippen LogP contribution in [0.2, 0.25) is 0 Å². The maximum atomic E-state index is 5.40. The molecule has 0 aliphatic carbocycles. The van der Waals surface area contributed by atoms with Gasteiger partial charge < -0.3 is 18.9 Å². The molecule has 0 fully saturated rings. The molecule has 1 heterocycles. The van der Waals surface area contributed by atoms with Gasteiger partial charge in [-0.1, -0.05) is 11.8 Å². The van der Waals surface area contributed by atoms with Crippen LogP contribution < -0.4 is 18.9 Å². The molecule has 0 bridgehead atoms. The molecule has 0 unspecified atom stereocenters. The molecule has 0 radical (unpaired) electrons. The number of hydrogen-bond donors (Lipinski definition) is 0. The number of hydrogen-bond acceptors (Lipinski definition) is 6. The molecular formula is C18H19NO4S. The zero-order valence-corrected chi connectivity index (χ0v) is 14.9. The molecule has 0 N–H and O–H groups in total. The second-order valence-corrected chi connectivity index (χ2v) is 6.14. The highest BCUT2D eigenvalue weighted by Crippen LogP contribution is 2.40. The van der Waals surface area contributed by atoms with Crippen LogP contribution in [0.5, 0.6) is 23.0 Å². The van der Waals surface area contributed by atoms with Gasteiger partial charge in [0.05, 0.1) is 35.0 Å². The molecule has 24 heavy (non-hydrogen) atoms. The van der Waals surface area contributed by atoms with Gasteiger partial charge in [0.1, 0.15) is 5.04 Å². The molecule has 2 aromatic rings. The Morgan fingerprint density at radius 2 is 1.42 bits per heavy atom. The summed E-state index contributed by atoms with van der Waals surface area (Å²) < 4.78 is 21.4. The lowest BCUT2D eigenvalue weighted by molar-refractivity contribution is 0.353. The lowest BCUT2D eigenvalue weighted by Gasteiger charge is -2.19. The standard InChI is InChI=1S/C18H19NO4S/c1-20-13-6-5-11(7-14(13)21-2)18-19-10-12-8-15(22-3)16(23-4)9-17(12)24-18/h5-9H,10H2,1-4H3. The fraction of sp³-hybridized carbons (Fsp3) is 0.278. The molecule has 3 rings (SSSR count). The first-order valence-electron chi connectivity index (χ1n) is 7.39. The Morgan fingerprint density at radius 3 is 2.08 bits per heavy atom. The van der Waals surface area contributed by atoms with Crippen molar-refractivity contribution in [2.75, 3.05) is 28.4 Å². The first-order chi connectivity index (χ1) is 11.7. The van der Waals surface area contributed by atoms with Gasteiger partial charge >= 0.3 is 0 Å². The van der Waals surface area contributed by atoms with Gasteiger partial charge in [0.2, 0.25) is 0 Å². The minimum absolute atomic E-state index is 0.604. The van der Waals surface area contributed by atoms with E-state index in [0.29, 0.717) is 18.0 Å². The summed E-state index contributed by atoms with van der Waals surface area (Å²) in [5, 5.41) is 0.940. The largest absolute Gasteiger partial charge is 0.493 e. The summed E-state index contributed by atoms with van der Waals surface area (Å²) in [6, 6.07) is 9.79. The third-order valence-electron chi connectivity index (χ3n) is 3.80. The van der Waals surface area contributed by atoms with Crippen molar-refractivity contribution in [1.82, 2.24) is 0 Å². The molecule has 126 valence electrons. The van der Waals surface area contributed by atoms with E-state index < -0.39 is 0 Å². The molecule has 1 aliphatic heterocycles. The molecule has 0 saturated carbocycles. The van der Waals surface area contributed by atoms with Crippen LogP contribution in [0.25, 0.3) is 0 Å². The van der Waals surface area contributed by atoms with Crippen LogP contribution in [0.3, 0.4) is 0 Å². The van der Waals surface area contributed by atoms with Crippen molar-refractivity contribution < 1.29 is 18.9 Å². The SMILES string of the molecule is COc1ccc(C2=NCc3cc(OC)c(OC)cc3S2)cc1OC. The summed E-state index contributed by atoms with van der Waals surface area (Å²) in [6.07, 6.45) is 0. The minimum Gasteiger partial charge on any atom is -0.493 e. The number of aliphatic imine (C=N–C) groups is 1. The lowest BCUT2D eigenvalue weighted by atomic mass is 10.2. The Bertz CT molecular complexity index is 789. The van der Waals surface area contributed by atoms with Gasteiger partial charge in [0.25, 0.3) is 0 Å². The van der Waals surface area contributed by atoms with E-state index in [-0.39, 0.29) is 0 Å². The van der Waals surface area contributed by atoms with Gasteiger partial charge in [-0.3, -0.25) is 4.99 Å². The number of methoxy groups -OCH3 is 4. The average molecular weight is 345 g/mol. The summed E-state index contributed by atoms with van der Waals surface area (Å²) in [5.74, 6) is 2.84. The van der Waals surface area contributed by atoms with Crippen molar-refractivity contribution in [1.29, 1.82) is 0 Å². The molecule has 0 spiro atoms. The second kappa shape index (κ2) is 7.05. The molecule has 0 saturated heterocycles. The van der Waals surface area contributed by atoms with Crippen molar-refractivity contribution in [2.24, 2.45) is 4.99 Å². The first kappa shape index (κ1) is 16.5. The fourth-order valence-electron chi connectivity index (χ4n) is 2.53. The highest BCUT2D eigenvalue weighted by molar-refractivity contribution is 8.14. The summed E-state index contributed by atoms with van der Waals surface area (Å²) >= 11 is 1.61. The van der Waals surface area contributed by atoms with Crippen LogP contribution in [-0.2, 0) is 6.54 Å². The summed E-state index contributed by atoms with van der Waals surface area (Å²) in [7, 11) is 6.53. The van der Waals surface area contributed by atoms with Gasteiger partial charge in [-0.05, 0) is 35.9 Å². The maximum Gasteiger partial charge on any atom is 0.161 e. The molecule has 5 nitrogen and oxygen atoms in total. The highest BCUT2D eigenvalue weighted by atomic mass is 32.2. The third-order valence-corrected chi connectivity index (χ3v) is 4.95. The minimum atomic E-state index is 0.604. The van der Waals surface area contributed by atoms with Crippen molar-refractivity contribution in [3.63, 3.8) is 0 Å². The van der Waals surface area contributed by atoms with E-state index in [0.717, 1.165) is 32.6 Å². The zero-order valence-electron chi connectivity index (χ0n) is 14.1. The fourth-order valence-corrected chi connectivity index (χ4v) is 3.54. The van der Waals surface area contributed by atoms with Crippen molar-refractivity contribution in [2.45, 2.75) is 11.4 Å². The van der Waals surface area contributed by atoms with E-state index >= 15 is 0 Å². The van der Waals surface area contributed by atoms with Crippen LogP contribution in [0.4, 0.5) is 0 Å².